The van der Waals surface area contributed by atoms with Gasteiger partial charge in [0.2, 0.25) is 0 Å². The van der Waals surface area contributed by atoms with Gasteiger partial charge in [0.25, 0.3) is 10.0 Å². The molecule has 0 N–H and O–H groups in total. The van der Waals surface area contributed by atoms with Crippen LogP contribution in [0.3, 0.4) is 0 Å². The van der Waals surface area contributed by atoms with Gasteiger partial charge in [-0.15, -0.1) is 4.40 Å². The number of carbonyl (C=O) groups excluding carboxylic acids is 1. The summed E-state index contributed by atoms with van der Waals surface area (Å²) in [5.74, 6) is 0.415. The number of aryl methyl sites for hydroxylation is 1. The van der Waals surface area contributed by atoms with E-state index in [1.807, 2.05) is 41.4 Å². The van der Waals surface area contributed by atoms with Gasteiger partial charge in [-0.3, -0.25) is 9.80 Å². The highest BCUT2D eigenvalue weighted by molar-refractivity contribution is 8.15. The lowest BCUT2D eigenvalue weighted by molar-refractivity contribution is -0.115. The summed E-state index contributed by atoms with van der Waals surface area (Å²) in [4.78, 5) is 13.9. The third-order valence-corrected chi connectivity index (χ3v) is 10.4. The number of amidine groups is 1. The molecule has 3 aliphatic rings. The van der Waals surface area contributed by atoms with E-state index in [4.69, 9.17) is 5.10 Å². The minimum atomic E-state index is -4.02. The molecule has 210 valence electrons. The van der Waals surface area contributed by atoms with Gasteiger partial charge in [0.1, 0.15) is 0 Å². The van der Waals surface area contributed by atoms with Crippen molar-refractivity contribution in [1.82, 2.24) is 0 Å². The highest BCUT2D eigenvalue weighted by Gasteiger charge is 2.44. The van der Waals surface area contributed by atoms with Crippen LogP contribution in [0, 0.1) is 12.8 Å². The van der Waals surface area contributed by atoms with Gasteiger partial charge >= 0.3 is 0 Å². The predicted octanol–water partition coefficient (Wildman–Crippen LogP) is 6.00. The van der Waals surface area contributed by atoms with Crippen molar-refractivity contribution < 1.29 is 13.2 Å². The first-order valence-corrected chi connectivity index (χ1v) is 16.2. The fourth-order valence-electron chi connectivity index (χ4n) is 5.90. The van der Waals surface area contributed by atoms with E-state index in [1.165, 1.54) is 22.3 Å². The zero-order valence-electron chi connectivity index (χ0n) is 22.9. The molecule has 7 nitrogen and oxygen atoms in total. The number of para-hydroxylation sites is 1. The van der Waals surface area contributed by atoms with Gasteiger partial charge in [0.05, 0.1) is 34.6 Å². The number of hydrogen-bond donors (Lipinski definition) is 0. The smallest absolute Gasteiger partial charge is 0.284 e. The van der Waals surface area contributed by atoms with Crippen LogP contribution < -0.4 is 9.91 Å². The van der Waals surface area contributed by atoms with E-state index in [-0.39, 0.29) is 34.9 Å². The Morgan fingerprint density at radius 3 is 2.33 bits per heavy atom. The lowest BCUT2D eigenvalue weighted by Gasteiger charge is -2.28. The Hall–Kier alpha value is -4.21. The Labute approximate surface area is 249 Å². The summed E-state index contributed by atoms with van der Waals surface area (Å²) >= 11 is 1.14. The average molecular weight is 593 g/mol. The maximum Gasteiger partial charge on any atom is 0.284 e. The number of benzene rings is 4. The van der Waals surface area contributed by atoms with Crippen LogP contribution in [0.25, 0.3) is 0 Å². The van der Waals surface area contributed by atoms with Crippen LogP contribution in [0.15, 0.2) is 118 Å². The molecule has 1 aliphatic carbocycles. The molecule has 2 heterocycles. The van der Waals surface area contributed by atoms with Crippen molar-refractivity contribution in [2.75, 3.05) is 22.2 Å². The molecule has 0 saturated carbocycles. The molecule has 4 aromatic rings. The summed E-state index contributed by atoms with van der Waals surface area (Å²) in [6.45, 7) is 2.17. The highest BCUT2D eigenvalue weighted by Crippen LogP contribution is 2.46. The molecule has 0 bridgehead atoms. The zero-order chi connectivity index (χ0) is 28.8. The van der Waals surface area contributed by atoms with Crippen LogP contribution in [0.4, 0.5) is 11.4 Å². The fourth-order valence-corrected chi connectivity index (χ4v) is 8.00. The SMILES string of the molecule is Cc1ccc(C2C3Cc4ccccc4C3=NN2c2ccc(S(=O)(=O)/N=C3\SCC(=O)CN3c3ccccc3)cc2)cc1. The second-order valence-electron chi connectivity index (χ2n) is 10.7. The number of Topliss-reactive ketones (excluding diaryl/α,β-unsaturated/α-hetero) is 1. The molecule has 42 heavy (non-hydrogen) atoms. The van der Waals surface area contributed by atoms with Crippen molar-refractivity contribution in [1.29, 1.82) is 0 Å². The minimum absolute atomic E-state index is 0.00805. The quantitative estimate of drug-likeness (QED) is 0.283. The number of sulfonamides is 1. The van der Waals surface area contributed by atoms with E-state index in [9.17, 15) is 13.2 Å². The molecule has 4 aromatic carbocycles. The Kier molecular flexibility index (Phi) is 6.71. The van der Waals surface area contributed by atoms with Gasteiger partial charge in [-0.1, -0.05) is 84.1 Å². The van der Waals surface area contributed by atoms with Gasteiger partial charge in [0.15, 0.2) is 11.0 Å². The number of carbonyl (C=O) groups is 1. The van der Waals surface area contributed by atoms with Crippen molar-refractivity contribution in [3.63, 3.8) is 0 Å². The number of hydrogen-bond acceptors (Lipinski definition) is 6. The van der Waals surface area contributed by atoms with Gasteiger partial charge in [-0.25, -0.2) is 0 Å². The van der Waals surface area contributed by atoms with Crippen LogP contribution in [-0.4, -0.2) is 37.4 Å². The highest BCUT2D eigenvalue weighted by atomic mass is 32.2. The molecule has 9 heteroatoms. The molecule has 7 rings (SSSR count). The average Bonchev–Trinajstić information content (AvgIpc) is 3.55. The molecule has 0 aromatic heterocycles. The maximum absolute atomic E-state index is 13.5. The topological polar surface area (TPSA) is 82.4 Å². The largest absolute Gasteiger partial charge is 0.313 e. The van der Waals surface area contributed by atoms with Crippen molar-refractivity contribution in [3.8, 4) is 0 Å². The lowest BCUT2D eigenvalue weighted by atomic mass is 9.89. The number of anilines is 2. The number of thioether (sulfide) groups is 1. The Bertz CT molecular complexity index is 1840. The molecule has 2 aliphatic heterocycles. The first-order chi connectivity index (χ1) is 20.4. The van der Waals surface area contributed by atoms with Crippen LogP contribution in [0.2, 0.25) is 0 Å². The van der Waals surface area contributed by atoms with E-state index in [1.54, 1.807) is 29.2 Å². The summed E-state index contributed by atoms with van der Waals surface area (Å²) in [6.07, 6.45) is 0.909. The summed E-state index contributed by atoms with van der Waals surface area (Å²) < 4.78 is 31.1. The third-order valence-electron chi connectivity index (χ3n) is 7.96. The summed E-state index contributed by atoms with van der Waals surface area (Å²) in [6, 6.07) is 33.0. The summed E-state index contributed by atoms with van der Waals surface area (Å²) in [5.41, 5.74) is 7.48. The van der Waals surface area contributed by atoms with Crippen LogP contribution in [0.5, 0.6) is 0 Å². The van der Waals surface area contributed by atoms with Gasteiger partial charge < -0.3 is 4.90 Å². The van der Waals surface area contributed by atoms with Gasteiger partial charge in [-0.2, -0.15) is 13.5 Å². The Balaban J connectivity index is 1.22. The molecule has 2 atom stereocenters. The summed E-state index contributed by atoms with van der Waals surface area (Å²) in [7, 11) is -4.02. The van der Waals surface area contributed by atoms with E-state index < -0.39 is 10.0 Å². The van der Waals surface area contributed by atoms with E-state index in [0.717, 1.165) is 35.3 Å². The van der Waals surface area contributed by atoms with E-state index in [0.29, 0.717) is 5.17 Å². The normalized spacial score (nSPS) is 20.9. The minimum Gasteiger partial charge on any atom is -0.313 e. The zero-order valence-corrected chi connectivity index (χ0v) is 24.6. The molecule has 1 fully saturated rings. The molecular formula is C33H28N4O3S2. The predicted molar refractivity (Wildman–Crippen MR) is 169 cm³/mol. The van der Waals surface area contributed by atoms with E-state index >= 15 is 0 Å². The van der Waals surface area contributed by atoms with E-state index in [2.05, 4.69) is 53.8 Å². The van der Waals surface area contributed by atoms with Crippen LogP contribution >= 0.6 is 11.8 Å². The number of ketones is 1. The van der Waals surface area contributed by atoms with Gasteiger partial charge in [-0.05, 0) is 60.9 Å². The molecule has 1 saturated heterocycles. The number of fused-ring (bicyclic) bond motifs is 3. The number of hydrazone groups is 1. The molecular weight excluding hydrogens is 565 g/mol. The molecule has 0 amide bonds. The van der Waals surface area contributed by atoms with Crippen LogP contribution in [-0.2, 0) is 21.2 Å². The third kappa shape index (κ3) is 4.82. The Morgan fingerprint density at radius 2 is 1.57 bits per heavy atom. The van der Waals surface area contributed by atoms with Crippen molar-refractivity contribution in [2.45, 2.75) is 24.3 Å². The van der Waals surface area contributed by atoms with Crippen molar-refractivity contribution >= 4 is 49.8 Å². The first kappa shape index (κ1) is 26.7. The molecule has 2 unspecified atom stereocenters. The standard InChI is InChI=1S/C33H28N4O3S2/c1-22-11-13-23(14-12-22)32-30-19-24-7-5-6-10-29(24)31(30)34-37(32)26-15-17-28(18-16-26)42(39,40)35-33-36(20-27(38)21-41-33)25-8-3-2-4-9-25/h2-18,30,32H,19-21H2,1H3/b35-33-. The molecule has 0 spiro atoms. The maximum atomic E-state index is 13.5. The second kappa shape index (κ2) is 10.6. The molecule has 0 radical (unpaired) electrons. The van der Waals surface area contributed by atoms with Crippen LogP contribution in [0.1, 0.15) is 28.3 Å². The van der Waals surface area contributed by atoms with Gasteiger partial charge in [0, 0.05) is 17.2 Å². The fraction of sp³-hybridized carbons (Fsp3) is 0.182. The van der Waals surface area contributed by atoms with Crippen molar-refractivity contribution in [2.24, 2.45) is 15.4 Å². The number of rotatable bonds is 5. The lowest BCUT2D eigenvalue weighted by Crippen LogP contribution is -2.40. The Morgan fingerprint density at radius 1 is 0.857 bits per heavy atom. The van der Waals surface area contributed by atoms with Crippen molar-refractivity contribution in [3.05, 3.63) is 125 Å². The monoisotopic (exact) mass is 592 g/mol. The summed E-state index contributed by atoms with van der Waals surface area (Å²) in [5, 5.41) is 7.43. The number of nitrogens with zero attached hydrogens (tertiary/aromatic N) is 4. The first-order valence-electron chi connectivity index (χ1n) is 13.8. The second-order valence-corrected chi connectivity index (χ2v) is 13.3.